The van der Waals surface area contributed by atoms with Crippen molar-refractivity contribution >= 4 is 18.1 Å². The summed E-state index contributed by atoms with van der Waals surface area (Å²) in [5.41, 5.74) is 4.10. The molecule has 1 amide bonds. The number of nitrogens with zero attached hydrogens (tertiary/aromatic N) is 2. The first-order valence-electron chi connectivity index (χ1n) is 9.73. The summed E-state index contributed by atoms with van der Waals surface area (Å²) in [6.45, 7) is 2.11. The molecule has 1 heterocycles. The van der Waals surface area contributed by atoms with E-state index in [0.29, 0.717) is 10.6 Å². The first-order chi connectivity index (χ1) is 14.6. The number of carbonyl (C=O) groups excluding carboxylic acids is 1. The minimum atomic E-state index is -0.246. The second kappa shape index (κ2) is 8.88. The zero-order valence-corrected chi connectivity index (χ0v) is 17.4. The van der Waals surface area contributed by atoms with E-state index in [4.69, 9.17) is 12.2 Å². The summed E-state index contributed by atoms with van der Waals surface area (Å²) >= 11 is 5.38. The van der Waals surface area contributed by atoms with Gasteiger partial charge in [0.25, 0.3) is 0 Å². The number of nitrogens with one attached hydrogen (secondary N) is 2. The van der Waals surface area contributed by atoms with Gasteiger partial charge in [0.05, 0.1) is 6.04 Å². The molecule has 30 heavy (non-hydrogen) atoms. The van der Waals surface area contributed by atoms with Crippen LogP contribution in [0.15, 0.2) is 84.9 Å². The summed E-state index contributed by atoms with van der Waals surface area (Å²) in [5, 5.41) is 10.3. The third kappa shape index (κ3) is 4.39. The van der Waals surface area contributed by atoms with Crippen LogP contribution in [0.2, 0.25) is 0 Å². The van der Waals surface area contributed by atoms with E-state index in [0.717, 1.165) is 22.3 Å². The largest absolute Gasteiger partial charge is 0.344 e. The molecule has 6 heteroatoms. The molecule has 0 saturated carbocycles. The Kier molecular flexibility index (Phi) is 5.86. The molecule has 0 spiro atoms. The van der Waals surface area contributed by atoms with Gasteiger partial charge in [-0.2, -0.15) is 5.10 Å². The van der Waals surface area contributed by atoms with Crippen molar-refractivity contribution in [2.24, 2.45) is 0 Å². The molecule has 0 unspecified atom stereocenters. The average Bonchev–Trinajstić information content (AvgIpc) is 3.14. The maximum absolute atomic E-state index is 13.0. The average molecular weight is 415 g/mol. The Labute approximate surface area is 180 Å². The monoisotopic (exact) mass is 414 g/mol. The van der Waals surface area contributed by atoms with E-state index in [9.17, 15) is 4.79 Å². The summed E-state index contributed by atoms with van der Waals surface area (Å²) < 4.78 is 2.14. The molecule has 0 aliphatic carbocycles. The van der Waals surface area contributed by atoms with Gasteiger partial charge < -0.3 is 5.32 Å². The highest BCUT2D eigenvalue weighted by atomic mass is 32.1. The van der Waals surface area contributed by atoms with Gasteiger partial charge in [-0.1, -0.05) is 90.5 Å². The molecule has 0 aliphatic heterocycles. The van der Waals surface area contributed by atoms with Crippen LogP contribution in [0.25, 0.3) is 11.4 Å². The van der Waals surface area contributed by atoms with Crippen molar-refractivity contribution in [3.63, 3.8) is 0 Å². The summed E-state index contributed by atoms with van der Waals surface area (Å²) in [6.07, 6.45) is 0. The van der Waals surface area contributed by atoms with Crippen LogP contribution >= 0.6 is 12.2 Å². The molecule has 3 aromatic carbocycles. The fraction of sp³-hybridized carbons (Fsp3) is 0.125. The Balaban J connectivity index is 1.60. The van der Waals surface area contributed by atoms with E-state index >= 15 is 0 Å². The minimum Gasteiger partial charge on any atom is -0.344 e. The Morgan fingerprint density at radius 2 is 1.53 bits per heavy atom. The highest BCUT2D eigenvalue weighted by Crippen LogP contribution is 2.22. The predicted molar refractivity (Wildman–Crippen MR) is 120 cm³/mol. The SMILES string of the molecule is Cc1ccc(-c2n[nH]c(=S)n2CC(=O)NC(c2ccccc2)c2ccccc2)cc1. The number of hydrogen-bond acceptors (Lipinski definition) is 3. The first kappa shape index (κ1) is 19.8. The van der Waals surface area contributed by atoms with E-state index in [1.54, 1.807) is 4.57 Å². The van der Waals surface area contributed by atoms with E-state index in [1.807, 2.05) is 91.9 Å². The fourth-order valence-corrected chi connectivity index (χ4v) is 3.58. The van der Waals surface area contributed by atoms with Crippen molar-refractivity contribution in [2.75, 3.05) is 0 Å². The van der Waals surface area contributed by atoms with Gasteiger partial charge in [-0.05, 0) is 30.3 Å². The molecule has 150 valence electrons. The molecule has 4 aromatic rings. The van der Waals surface area contributed by atoms with Gasteiger partial charge in [0, 0.05) is 5.56 Å². The van der Waals surface area contributed by atoms with E-state index in [-0.39, 0.29) is 18.5 Å². The number of aromatic nitrogens is 3. The molecule has 2 N–H and O–H groups in total. The lowest BCUT2D eigenvalue weighted by Gasteiger charge is -2.20. The molecule has 4 rings (SSSR count). The summed E-state index contributed by atoms with van der Waals surface area (Å²) in [7, 11) is 0. The highest BCUT2D eigenvalue weighted by molar-refractivity contribution is 7.71. The van der Waals surface area contributed by atoms with Crippen molar-refractivity contribution in [3.8, 4) is 11.4 Å². The normalized spacial score (nSPS) is 10.9. The predicted octanol–water partition coefficient (Wildman–Crippen LogP) is 4.82. The lowest BCUT2D eigenvalue weighted by Crippen LogP contribution is -2.32. The topological polar surface area (TPSA) is 62.7 Å². The Morgan fingerprint density at radius 1 is 0.967 bits per heavy atom. The van der Waals surface area contributed by atoms with Crippen LogP contribution in [-0.4, -0.2) is 20.7 Å². The van der Waals surface area contributed by atoms with Crippen molar-refractivity contribution in [1.29, 1.82) is 0 Å². The van der Waals surface area contributed by atoms with Crippen LogP contribution < -0.4 is 5.32 Å². The van der Waals surface area contributed by atoms with E-state index < -0.39 is 0 Å². The second-order valence-electron chi connectivity index (χ2n) is 7.13. The molecule has 1 aromatic heterocycles. The Bertz CT molecular complexity index is 1140. The summed E-state index contributed by atoms with van der Waals surface area (Å²) in [6, 6.07) is 27.6. The Hall–Kier alpha value is -3.51. The number of aryl methyl sites for hydroxylation is 1. The number of aromatic amines is 1. The van der Waals surface area contributed by atoms with Crippen LogP contribution in [0.3, 0.4) is 0 Å². The number of carbonyl (C=O) groups is 1. The quantitative estimate of drug-likeness (QED) is 0.445. The zero-order valence-electron chi connectivity index (χ0n) is 16.6. The van der Waals surface area contributed by atoms with Gasteiger partial charge in [-0.3, -0.25) is 14.5 Å². The lowest BCUT2D eigenvalue weighted by atomic mass is 9.99. The molecule has 5 nitrogen and oxygen atoms in total. The molecular weight excluding hydrogens is 392 g/mol. The van der Waals surface area contributed by atoms with Crippen molar-refractivity contribution in [2.45, 2.75) is 19.5 Å². The van der Waals surface area contributed by atoms with Gasteiger partial charge >= 0.3 is 0 Å². The van der Waals surface area contributed by atoms with E-state index in [1.165, 1.54) is 0 Å². The maximum Gasteiger partial charge on any atom is 0.240 e. The van der Waals surface area contributed by atoms with Crippen LogP contribution in [0, 0.1) is 11.7 Å². The van der Waals surface area contributed by atoms with Gasteiger partial charge in [0.1, 0.15) is 6.54 Å². The summed E-state index contributed by atoms with van der Waals surface area (Å²) in [5.74, 6) is 0.504. The molecule has 0 radical (unpaired) electrons. The minimum absolute atomic E-state index is 0.0781. The molecule has 0 aliphatic rings. The van der Waals surface area contributed by atoms with Crippen LogP contribution in [0.5, 0.6) is 0 Å². The molecule has 0 bridgehead atoms. The zero-order chi connectivity index (χ0) is 20.9. The molecular formula is C24H22N4OS. The number of hydrogen-bond donors (Lipinski definition) is 2. The number of rotatable bonds is 6. The van der Waals surface area contributed by atoms with Crippen molar-refractivity contribution in [1.82, 2.24) is 20.1 Å². The van der Waals surface area contributed by atoms with E-state index in [2.05, 4.69) is 15.5 Å². The van der Waals surface area contributed by atoms with Gasteiger partial charge in [-0.15, -0.1) is 0 Å². The number of amides is 1. The van der Waals surface area contributed by atoms with Crippen molar-refractivity contribution in [3.05, 3.63) is 106 Å². The number of benzene rings is 3. The third-order valence-corrected chi connectivity index (χ3v) is 5.25. The molecule has 0 fully saturated rings. The van der Waals surface area contributed by atoms with Crippen LogP contribution in [0.1, 0.15) is 22.7 Å². The van der Waals surface area contributed by atoms with Crippen molar-refractivity contribution < 1.29 is 4.79 Å². The van der Waals surface area contributed by atoms with Crippen LogP contribution in [-0.2, 0) is 11.3 Å². The Morgan fingerprint density at radius 3 is 2.10 bits per heavy atom. The fourth-order valence-electron chi connectivity index (χ4n) is 3.39. The summed E-state index contributed by atoms with van der Waals surface area (Å²) in [4.78, 5) is 13.0. The van der Waals surface area contributed by atoms with Gasteiger partial charge in [0.15, 0.2) is 10.6 Å². The number of H-pyrrole nitrogens is 1. The standard InChI is InChI=1S/C24H22N4OS/c1-17-12-14-20(15-13-17)23-26-27-24(30)28(23)16-21(29)25-22(18-8-4-2-5-9-18)19-10-6-3-7-11-19/h2-15,22H,16H2,1H3,(H,25,29)(H,27,30). The third-order valence-electron chi connectivity index (χ3n) is 4.94. The first-order valence-corrected chi connectivity index (χ1v) is 10.1. The smallest absolute Gasteiger partial charge is 0.240 e. The highest BCUT2D eigenvalue weighted by Gasteiger charge is 2.18. The lowest BCUT2D eigenvalue weighted by molar-refractivity contribution is -0.122. The van der Waals surface area contributed by atoms with Crippen LogP contribution in [0.4, 0.5) is 0 Å². The van der Waals surface area contributed by atoms with Gasteiger partial charge in [-0.25, -0.2) is 0 Å². The molecule has 0 saturated heterocycles. The molecule has 0 atom stereocenters. The van der Waals surface area contributed by atoms with Gasteiger partial charge in [0.2, 0.25) is 5.91 Å². The second-order valence-corrected chi connectivity index (χ2v) is 7.51. The maximum atomic E-state index is 13.0.